The van der Waals surface area contributed by atoms with Gasteiger partial charge in [0.25, 0.3) is 0 Å². The highest BCUT2D eigenvalue weighted by Gasteiger charge is 2.15. The lowest BCUT2D eigenvalue weighted by Crippen LogP contribution is -2.10. The predicted molar refractivity (Wildman–Crippen MR) is 75.7 cm³/mol. The molecule has 0 spiro atoms. The molecule has 18 heavy (non-hydrogen) atoms. The summed E-state index contributed by atoms with van der Waals surface area (Å²) in [5, 5.41) is 10.8. The van der Waals surface area contributed by atoms with Crippen LogP contribution in [-0.4, -0.2) is 16.2 Å². The summed E-state index contributed by atoms with van der Waals surface area (Å²) in [5.41, 5.74) is 2.15. The third kappa shape index (κ3) is 3.08. The summed E-state index contributed by atoms with van der Waals surface area (Å²) < 4.78 is 0. The second kappa shape index (κ2) is 5.96. The molecule has 1 aromatic heterocycles. The van der Waals surface area contributed by atoms with Crippen molar-refractivity contribution >= 4 is 10.9 Å². The fourth-order valence-electron chi connectivity index (χ4n) is 2.46. The number of para-hydroxylation sites is 1. The van der Waals surface area contributed by atoms with E-state index in [1.54, 1.807) is 0 Å². The summed E-state index contributed by atoms with van der Waals surface area (Å²) in [7, 11) is 0. The lowest BCUT2D eigenvalue weighted by atomic mass is 9.93. The number of pyridine rings is 1. The minimum atomic E-state index is -0.269. The second-order valence-corrected chi connectivity index (χ2v) is 5.00. The average molecular weight is 243 g/mol. The Morgan fingerprint density at radius 2 is 1.94 bits per heavy atom. The SMILES string of the molecule is CCCC(CC(C)O)c1ccc2ccccc2n1. The number of hydrogen-bond acceptors (Lipinski definition) is 2. The van der Waals surface area contributed by atoms with Crippen LogP contribution < -0.4 is 0 Å². The number of benzene rings is 1. The maximum atomic E-state index is 9.60. The van der Waals surface area contributed by atoms with Gasteiger partial charge in [-0.3, -0.25) is 4.98 Å². The molecule has 2 aromatic rings. The fourth-order valence-corrected chi connectivity index (χ4v) is 2.46. The zero-order chi connectivity index (χ0) is 13.0. The number of fused-ring (bicyclic) bond motifs is 1. The monoisotopic (exact) mass is 243 g/mol. The Balaban J connectivity index is 2.31. The molecule has 0 saturated carbocycles. The molecule has 2 atom stereocenters. The Kier molecular flexibility index (Phi) is 4.32. The van der Waals surface area contributed by atoms with Crippen LogP contribution in [0.2, 0.25) is 0 Å². The molecule has 0 radical (unpaired) electrons. The highest BCUT2D eigenvalue weighted by molar-refractivity contribution is 5.78. The molecular weight excluding hydrogens is 222 g/mol. The lowest BCUT2D eigenvalue weighted by molar-refractivity contribution is 0.171. The number of aliphatic hydroxyl groups is 1. The summed E-state index contributed by atoms with van der Waals surface area (Å²) in [4.78, 5) is 4.74. The Labute approximate surface area is 109 Å². The molecule has 1 N–H and O–H groups in total. The van der Waals surface area contributed by atoms with E-state index in [1.807, 2.05) is 25.1 Å². The van der Waals surface area contributed by atoms with Crippen molar-refractivity contribution in [1.82, 2.24) is 4.98 Å². The Morgan fingerprint density at radius 1 is 1.17 bits per heavy atom. The Hall–Kier alpha value is -1.41. The van der Waals surface area contributed by atoms with Gasteiger partial charge in [-0.05, 0) is 31.9 Å². The third-order valence-electron chi connectivity index (χ3n) is 3.30. The topological polar surface area (TPSA) is 33.1 Å². The van der Waals surface area contributed by atoms with E-state index in [-0.39, 0.29) is 6.10 Å². The van der Waals surface area contributed by atoms with Crippen molar-refractivity contribution in [3.8, 4) is 0 Å². The maximum absolute atomic E-state index is 9.60. The van der Waals surface area contributed by atoms with Crippen LogP contribution in [0.25, 0.3) is 10.9 Å². The molecule has 0 amide bonds. The van der Waals surface area contributed by atoms with Crippen LogP contribution in [-0.2, 0) is 0 Å². The lowest BCUT2D eigenvalue weighted by Gasteiger charge is -2.17. The van der Waals surface area contributed by atoms with Crippen LogP contribution in [0, 0.1) is 0 Å². The van der Waals surface area contributed by atoms with Gasteiger partial charge in [-0.2, -0.15) is 0 Å². The first-order chi connectivity index (χ1) is 8.70. The van der Waals surface area contributed by atoms with Crippen molar-refractivity contribution in [3.63, 3.8) is 0 Å². The molecule has 2 heteroatoms. The van der Waals surface area contributed by atoms with Crippen LogP contribution in [0.15, 0.2) is 36.4 Å². The van der Waals surface area contributed by atoms with Crippen LogP contribution in [0.3, 0.4) is 0 Å². The number of hydrogen-bond donors (Lipinski definition) is 1. The molecule has 0 aliphatic carbocycles. The molecule has 2 rings (SSSR count). The smallest absolute Gasteiger partial charge is 0.0705 e. The highest BCUT2D eigenvalue weighted by Crippen LogP contribution is 2.26. The highest BCUT2D eigenvalue weighted by atomic mass is 16.3. The van der Waals surface area contributed by atoms with Crippen molar-refractivity contribution in [1.29, 1.82) is 0 Å². The zero-order valence-corrected chi connectivity index (χ0v) is 11.1. The molecule has 0 fully saturated rings. The Bertz CT molecular complexity index is 507. The molecule has 2 unspecified atom stereocenters. The largest absolute Gasteiger partial charge is 0.393 e. The molecule has 0 saturated heterocycles. The van der Waals surface area contributed by atoms with Gasteiger partial charge in [0.15, 0.2) is 0 Å². The van der Waals surface area contributed by atoms with Crippen molar-refractivity contribution < 1.29 is 5.11 Å². The van der Waals surface area contributed by atoms with Crippen molar-refractivity contribution in [2.45, 2.75) is 45.1 Å². The number of rotatable bonds is 5. The van der Waals surface area contributed by atoms with Gasteiger partial charge < -0.3 is 5.11 Å². The number of nitrogens with zero attached hydrogens (tertiary/aromatic N) is 1. The number of aromatic nitrogens is 1. The third-order valence-corrected chi connectivity index (χ3v) is 3.30. The van der Waals surface area contributed by atoms with Crippen molar-refractivity contribution in [2.24, 2.45) is 0 Å². The first-order valence-electron chi connectivity index (χ1n) is 6.74. The van der Waals surface area contributed by atoms with E-state index >= 15 is 0 Å². The number of aliphatic hydroxyl groups excluding tert-OH is 1. The molecule has 1 aromatic carbocycles. The van der Waals surface area contributed by atoms with E-state index < -0.39 is 0 Å². The summed E-state index contributed by atoms with van der Waals surface area (Å²) in [5.74, 6) is 0.361. The van der Waals surface area contributed by atoms with Gasteiger partial charge in [-0.15, -0.1) is 0 Å². The van der Waals surface area contributed by atoms with Gasteiger partial charge >= 0.3 is 0 Å². The molecule has 1 heterocycles. The summed E-state index contributed by atoms with van der Waals surface area (Å²) in [6, 6.07) is 12.4. The van der Waals surface area contributed by atoms with Crippen LogP contribution in [0.5, 0.6) is 0 Å². The van der Waals surface area contributed by atoms with Gasteiger partial charge in [0.1, 0.15) is 0 Å². The van der Waals surface area contributed by atoms with Gasteiger partial charge in [0.2, 0.25) is 0 Å². The van der Waals surface area contributed by atoms with Gasteiger partial charge in [-0.25, -0.2) is 0 Å². The first-order valence-corrected chi connectivity index (χ1v) is 6.74. The van der Waals surface area contributed by atoms with Gasteiger partial charge in [0, 0.05) is 17.0 Å². The van der Waals surface area contributed by atoms with Crippen LogP contribution >= 0.6 is 0 Å². The van der Waals surface area contributed by atoms with E-state index in [0.29, 0.717) is 5.92 Å². The normalized spacial score (nSPS) is 14.6. The van der Waals surface area contributed by atoms with Gasteiger partial charge in [-0.1, -0.05) is 37.6 Å². The first kappa shape index (κ1) is 13.0. The summed E-state index contributed by atoms with van der Waals surface area (Å²) in [6.45, 7) is 4.03. The van der Waals surface area contributed by atoms with E-state index in [4.69, 9.17) is 4.98 Å². The molecule has 96 valence electrons. The Morgan fingerprint density at radius 3 is 2.67 bits per heavy atom. The molecular formula is C16H21NO. The summed E-state index contributed by atoms with van der Waals surface area (Å²) in [6.07, 6.45) is 2.72. The van der Waals surface area contributed by atoms with E-state index in [2.05, 4.69) is 25.1 Å². The van der Waals surface area contributed by atoms with E-state index in [0.717, 1.165) is 30.5 Å². The molecule has 0 aliphatic rings. The average Bonchev–Trinajstić information content (AvgIpc) is 2.37. The fraction of sp³-hybridized carbons (Fsp3) is 0.438. The summed E-state index contributed by atoms with van der Waals surface area (Å²) >= 11 is 0. The van der Waals surface area contributed by atoms with Gasteiger partial charge in [0.05, 0.1) is 11.6 Å². The van der Waals surface area contributed by atoms with E-state index in [9.17, 15) is 5.11 Å². The van der Waals surface area contributed by atoms with Crippen molar-refractivity contribution in [3.05, 3.63) is 42.1 Å². The van der Waals surface area contributed by atoms with Crippen molar-refractivity contribution in [2.75, 3.05) is 0 Å². The zero-order valence-electron chi connectivity index (χ0n) is 11.1. The molecule has 2 nitrogen and oxygen atoms in total. The maximum Gasteiger partial charge on any atom is 0.0705 e. The van der Waals surface area contributed by atoms with Crippen LogP contribution in [0.1, 0.15) is 44.7 Å². The predicted octanol–water partition coefficient (Wildman–Crippen LogP) is 3.89. The second-order valence-electron chi connectivity index (χ2n) is 5.00. The quantitative estimate of drug-likeness (QED) is 0.864. The van der Waals surface area contributed by atoms with Crippen LogP contribution in [0.4, 0.5) is 0 Å². The standard InChI is InChI=1S/C16H21NO/c1-3-6-14(11-12(2)18)16-10-9-13-7-4-5-8-15(13)17-16/h4-5,7-10,12,14,18H,3,6,11H2,1-2H3. The minimum absolute atomic E-state index is 0.269. The molecule has 0 bridgehead atoms. The molecule has 0 aliphatic heterocycles. The van der Waals surface area contributed by atoms with E-state index in [1.165, 1.54) is 5.39 Å². The minimum Gasteiger partial charge on any atom is -0.393 e.